The second kappa shape index (κ2) is 6.15. The standard InChI is InChI=1S/C13H14BrN3O3/c1-2-9(7-18)16-13-10-5-8(14)3-4-11(10)15-6-12(13)17(19)20/h3-6,9,18H,2,7H2,1H3,(H,15,16). The van der Waals surface area contributed by atoms with Gasteiger partial charge in [-0.05, 0) is 24.6 Å². The molecule has 2 rings (SSSR count). The summed E-state index contributed by atoms with van der Waals surface area (Å²) in [6.07, 6.45) is 1.90. The first-order valence-electron chi connectivity index (χ1n) is 6.16. The lowest BCUT2D eigenvalue weighted by Gasteiger charge is -2.17. The summed E-state index contributed by atoms with van der Waals surface area (Å²) < 4.78 is 0.812. The van der Waals surface area contributed by atoms with Gasteiger partial charge in [0.05, 0.1) is 17.0 Å². The number of anilines is 1. The number of aliphatic hydroxyl groups excluding tert-OH is 1. The van der Waals surface area contributed by atoms with Gasteiger partial charge >= 0.3 is 5.69 Å². The smallest absolute Gasteiger partial charge is 0.311 e. The molecule has 0 radical (unpaired) electrons. The van der Waals surface area contributed by atoms with Crippen LogP contribution < -0.4 is 5.32 Å². The average Bonchev–Trinajstić information content (AvgIpc) is 2.44. The fourth-order valence-electron chi connectivity index (χ4n) is 1.93. The lowest BCUT2D eigenvalue weighted by Crippen LogP contribution is -2.23. The summed E-state index contributed by atoms with van der Waals surface area (Å²) in [4.78, 5) is 14.8. The van der Waals surface area contributed by atoms with Crippen LogP contribution in [0.3, 0.4) is 0 Å². The number of hydrogen-bond donors (Lipinski definition) is 2. The summed E-state index contributed by atoms with van der Waals surface area (Å²) in [5.41, 5.74) is 0.957. The Kier molecular flexibility index (Phi) is 4.51. The van der Waals surface area contributed by atoms with Gasteiger partial charge < -0.3 is 10.4 Å². The molecule has 1 unspecified atom stereocenters. The van der Waals surface area contributed by atoms with Gasteiger partial charge in [-0.2, -0.15) is 0 Å². The fraction of sp³-hybridized carbons (Fsp3) is 0.308. The molecular weight excluding hydrogens is 326 g/mol. The van der Waals surface area contributed by atoms with Crippen LogP contribution in [0.5, 0.6) is 0 Å². The summed E-state index contributed by atoms with van der Waals surface area (Å²) in [6.45, 7) is 1.81. The van der Waals surface area contributed by atoms with E-state index in [0.29, 0.717) is 23.0 Å². The van der Waals surface area contributed by atoms with E-state index < -0.39 is 4.92 Å². The molecule has 0 fully saturated rings. The molecule has 0 amide bonds. The topological polar surface area (TPSA) is 88.3 Å². The zero-order valence-corrected chi connectivity index (χ0v) is 12.4. The van der Waals surface area contributed by atoms with Gasteiger partial charge in [-0.15, -0.1) is 0 Å². The number of nitro groups is 1. The number of fused-ring (bicyclic) bond motifs is 1. The van der Waals surface area contributed by atoms with Gasteiger partial charge in [0.25, 0.3) is 0 Å². The van der Waals surface area contributed by atoms with Crippen LogP contribution in [0.15, 0.2) is 28.9 Å². The van der Waals surface area contributed by atoms with Crippen LogP contribution in [-0.2, 0) is 0 Å². The Morgan fingerprint density at radius 1 is 1.55 bits per heavy atom. The van der Waals surface area contributed by atoms with Crippen LogP contribution in [0.1, 0.15) is 13.3 Å². The molecule has 0 saturated carbocycles. The molecule has 0 aliphatic rings. The molecule has 7 heteroatoms. The molecular formula is C13H14BrN3O3. The number of pyridine rings is 1. The molecule has 106 valence electrons. The van der Waals surface area contributed by atoms with Crippen molar-refractivity contribution in [2.45, 2.75) is 19.4 Å². The molecule has 0 bridgehead atoms. The fourth-order valence-corrected chi connectivity index (χ4v) is 2.29. The molecule has 0 aliphatic heterocycles. The van der Waals surface area contributed by atoms with E-state index in [1.807, 2.05) is 13.0 Å². The van der Waals surface area contributed by atoms with Crippen molar-refractivity contribution in [1.82, 2.24) is 4.98 Å². The molecule has 1 aromatic carbocycles. The highest BCUT2D eigenvalue weighted by Crippen LogP contribution is 2.33. The molecule has 2 aromatic rings. The van der Waals surface area contributed by atoms with E-state index in [0.717, 1.165) is 4.47 Å². The summed E-state index contributed by atoms with van der Waals surface area (Å²) in [5.74, 6) is 0. The Balaban J connectivity index is 2.64. The molecule has 0 saturated heterocycles. The lowest BCUT2D eigenvalue weighted by molar-refractivity contribution is -0.384. The van der Waals surface area contributed by atoms with Crippen molar-refractivity contribution >= 4 is 38.2 Å². The summed E-state index contributed by atoms with van der Waals surface area (Å²) >= 11 is 3.35. The molecule has 2 N–H and O–H groups in total. The lowest BCUT2D eigenvalue weighted by atomic mass is 10.1. The van der Waals surface area contributed by atoms with Gasteiger partial charge in [0.15, 0.2) is 0 Å². The van der Waals surface area contributed by atoms with E-state index >= 15 is 0 Å². The number of benzene rings is 1. The Labute approximate surface area is 124 Å². The number of rotatable bonds is 5. The first-order valence-corrected chi connectivity index (χ1v) is 6.96. The Morgan fingerprint density at radius 2 is 2.30 bits per heavy atom. The third-order valence-electron chi connectivity index (χ3n) is 3.07. The minimum absolute atomic E-state index is 0.0918. The highest BCUT2D eigenvalue weighted by molar-refractivity contribution is 9.10. The SMILES string of the molecule is CCC(CO)Nc1c([N+](=O)[O-])cnc2ccc(Br)cc12. The quantitative estimate of drug-likeness (QED) is 0.645. The molecule has 0 aliphatic carbocycles. The monoisotopic (exact) mass is 339 g/mol. The number of hydrogen-bond acceptors (Lipinski definition) is 5. The minimum Gasteiger partial charge on any atom is -0.394 e. The van der Waals surface area contributed by atoms with Gasteiger partial charge in [-0.3, -0.25) is 10.1 Å². The van der Waals surface area contributed by atoms with E-state index in [1.165, 1.54) is 6.20 Å². The average molecular weight is 340 g/mol. The van der Waals surface area contributed by atoms with Crippen LogP contribution in [-0.4, -0.2) is 27.7 Å². The zero-order valence-electron chi connectivity index (χ0n) is 10.8. The largest absolute Gasteiger partial charge is 0.394 e. The van der Waals surface area contributed by atoms with Crippen LogP contribution >= 0.6 is 15.9 Å². The van der Waals surface area contributed by atoms with Crippen molar-refractivity contribution in [3.63, 3.8) is 0 Å². The van der Waals surface area contributed by atoms with Gasteiger partial charge in [-0.25, -0.2) is 4.98 Å². The normalized spacial score (nSPS) is 12.3. The van der Waals surface area contributed by atoms with Gasteiger partial charge in [0, 0.05) is 15.9 Å². The number of nitrogens with one attached hydrogen (secondary N) is 1. The molecule has 6 nitrogen and oxygen atoms in total. The maximum absolute atomic E-state index is 11.2. The van der Waals surface area contributed by atoms with Crippen LogP contribution in [0.2, 0.25) is 0 Å². The first kappa shape index (κ1) is 14.7. The Hall–Kier alpha value is -1.73. The predicted molar refractivity (Wildman–Crippen MR) is 80.9 cm³/mol. The van der Waals surface area contributed by atoms with E-state index in [2.05, 4.69) is 26.2 Å². The second-order valence-corrected chi connectivity index (χ2v) is 5.28. The maximum atomic E-state index is 11.2. The van der Waals surface area contributed by atoms with E-state index in [9.17, 15) is 15.2 Å². The van der Waals surface area contributed by atoms with Crippen molar-refractivity contribution < 1.29 is 10.0 Å². The summed E-state index contributed by atoms with van der Waals surface area (Å²) in [5, 5.41) is 24.1. The van der Waals surface area contributed by atoms with Gasteiger partial charge in [0.1, 0.15) is 11.9 Å². The minimum atomic E-state index is -0.472. The maximum Gasteiger partial charge on any atom is 0.311 e. The highest BCUT2D eigenvalue weighted by Gasteiger charge is 2.20. The Morgan fingerprint density at radius 3 is 2.90 bits per heavy atom. The van der Waals surface area contributed by atoms with Crippen molar-refractivity contribution in [2.24, 2.45) is 0 Å². The highest BCUT2D eigenvalue weighted by atomic mass is 79.9. The zero-order chi connectivity index (χ0) is 14.7. The van der Waals surface area contributed by atoms with Crippen molar-refractivity contribution in [2.75, 3.05) is 11.9 Å². The molecule has 20 heavy (non-hydrogen) atoms. The van der Waals surface area contributed by atoms with Crippen molar-refractivity contribution in [3.05, 3.63) is 39.0 Å². The third-order valence-corrected chi connectivity index (χ3v) is 3.56. The van der Waals surface area contributed by atoms with Crippen molar-refractivity contribution in [3.8, 4) is 0 Å². The third kappa shape index (κ3) is 2.88. The van der Waals surface area contributed by atoms with Crippen LogP contribution in [0.4, 0.5) is 11.4 Å². The number of halogens is 1. The molecule has 1 aromatic heterocycles. The van der Waals surface area contributed by atoms with Gasteiger partial charge in [-0.1, -0.05) is 22.9 Å². The van der Waals surface area contributed by atoms with E-state index in [1.54, 1.807) is 12.1 Å². The number of aliphatic hydroxyl groups is 1. The number of nitrogens with zero attached hydrogens (tertiary/aromatic N) is 2. The van der Waals surface area contributed by atoms with Crippen molar-refractivity contribution in [1.29, 1.82) is 0 Å². The molecule has 1 heterocycles. The summed E-state index contributed by atoms with van der Waals surface area (Å²) in [6, 6.07) is 5.16. The first-order chi connectivity index (χ1) is 9.56. The van der Waals surface area contributed by atoms with Crippen LogP contribution in [0.25, 0.3) is 10.9 Å². The predicted octanol–water partition coefficient (Wildman–Crippen LogP) is 3.09. The number of aromatic nitrogens is 1. The van der Waals surface area contributed by atoms with Crippen LogP contribution in [0, 0.1) is 10.1 Å². The molecule has 1 atom stereocenters. The second-order valence-electron chi connectivity index (χ2n) is 4.37. The Bertz CT molecular complexity index is 644. The van der Waals surface area contributed by atoms with Gasteiger partial charge in [0.2, 0.25) is 0 Å². The van der Waals surface area contributed by atoms with E-state index in [4.69, 9.17) is 0 Å². The molecule has 0 spiro atoms. The van der Waals surface area contributed by atoms with E-state index in [-0.39, 0.29) is 18.3 Å². The summed E-state index contributed by atoms with van der Waals surface area (Å²) in [7, 11) is 0.